The van der Waals surface area contributed by atoms with E-state index in [1.165, 1.54) is 12.8 Å². The molecular formula is C15H26N4O. The van der Waals surface area contributed by atoms with Crippen molar-refractivity contribution in [2.75, 3.05) is 23.8 Å². The molecule has 1 aromatic rings. The highest BCUT2D eigenvalue weighted by Crippen LogP contribution is 2.38. The zero-order chi connectivity index (χ0) is 14.5. The van der Waals surface area contributed by atoms with Crippen LogP contribution in [0.25, 0.3) is 0 Å². The van der Waals surface area contributed by atoms with E-state index < -0.39 is 0 Å². The molecule has 5 heteroatoms. The summed E-state index contributed by atoms with van der Waals surface area (Å²) in [6.07, 6.45) is 3.44. The molecule has 0 radical (unpaired) electrons. The summed E-state index contributed by atoms with van der Waals surface area (Å²) in [6, 6.07) is 1.96. The lowest BCUT2D eigenvalue weighted by atomic mass is 10.1. The highest BCUT2D eigenvalue weighted by atomic mass is 16.3. The lowest BCUT2D eigenvalue weighted by molar-refractivity contribution is 0.249. The molecule has 1 aromatic heterocycles. The summed E-state index contributed by atoms with van der Waals surface area (Å²) in [4.78, 5) is 9.19. The zero-order valence-electron chi connectivity index (χ0n) is 12.7. The quantitative estimate of drug-likeness (QED) is 0.682. The van der Waals surface area contributed by atoms with Crippen LogP contribution < -0.4 is 10.6 Å². The minimum atomic E-state index is 0.0241. The smallest absolute Gasteiger partial charge is 0.136 e. The van der Waals surface area contributed by atoms with Crippen molar-refractivity contribution in [3.05, 3.63) is 11.9 Å². The molecule has 1 aliphatic rings. The number of hydrogen-bond donors (Lipinski definition) is 3. The predicted molar refractivity (Wildman–Crippen MR) is 82.1 cm³/mol. The number of aliphatic hydroxyl groups excluding tert-OH is 1. The molecule has 1 saturated carbocycles. The molecule has 2 rings (SSSR count). The van der Waals surface area contributed by atoms with Gasteiger partial charge in [0.05, 0.1) is 12.6 Å². The van der Waals surface area contributed by atoms with E-state index in [1.807, 2.05) is 6.07 Å². The maximum Gasteiger partial charge on any atom is 0.136 e. The first-order valence-corrected chi connectivity index (χ1v) is 7.64. The molecule has 1 atom stereocenters. The lowest BCUT2D eigenvalue weighted by Gasteiger charge is -2.21. The highest BCUT2D eigenvalue weighted by molar-refractivity contribution is 5.48. The SMILES string of the molecule is CCCNc1cc(NC(CO)C(C)C)nc(C2CC2)n1. The third-order valence-electron chi connectivity index (χ3n) is 3.58. The highest BCUT2D eigenvalue weighted by Gasteiger charge is 2.27. The number of aliphatic hydroxyl groups is 1. The monoisotopic (exact) mass is 278 g/mol. The van der Waals surface area contributed by atoms with E-state index in [0.29, 0.717) is 11.8 Å². The number of nitrogens with zero attached hydrogens (tertiary/aromatic N) is 2. The fraction of sp³-hybridized carbons (Fsp3) is 0.733. The molecular weight excluding hydrogens is 252 g/mol. The maximum absolute atomic E-state index is 9.44. The first-order valence-electron chi connectivity index (χ1n) is 7.64. The normalized spacial score (nSPS) is 16.2. The molecule has 0 amide bonds. The Hall–Kier alpha value is -1.36. The average Bonchev–Trinajstić information content (AvgIpc) is 3.26. The van der Waals surface area contributed by atoms with Crippen LogP contribution in [-0.2, 0) is 0 Å². The van der Waals surface area contributed by atoms with Gasteiger partial charge < -0.3 is 15.7 Å². The van der Waals surface area contributed by atoms with Crippen molar-refractivity contribution >= 4 is 11.6 Å². The van der Waals surface area contributed by atoms with E-state index in [4.69, 9.17) is 0 Å². The summed E-state index contributed by atoms with van der Waals surface area (Å²) in [5.74, 6) is 3.49. The van der Waals surface area contributed by atoms with Crippen LogP contribution in [-0.4, -0.2) is 34.3 Å². The Morgan fingerprint density at radius 3 is 2.55 bits per heavy atom. The van der Waals surface area contributed by atoms with E-state index in [2.05, 4.69) is 41.4 Å². The van der Waals surface area contributed by atoms with Gasteiger partial charge in [0.15, 0.2) is 0 Å². The van der Waals surface area contributed by atoms with Crippen molar-refractivity contribution in [1.29, 1.82) is 0 Å². The van der Waals surface area contributed by atoms with Gasteiger partial charge in [0.2, 0.25) is 0 Å². The molecule has 1 fully saturated rings. The van der Waals surface area contributed by atoms with Crippen molar-refractivity contribution in [2.45, 2.75) is 52.0 Å². The van der Waals surface area contributed by atoms with Crippen molar-refractivity contribution in [1.82, 2.24) is 9.97 Å². The topological polar surface area (TPSA) is 70.1 Å². The van der Waals surface area contributed by atoms with E-state index >= 15 is 0 Å². The molecule has 0 aromatic carbocycles. The Labute approximate surface area is 121 Å². The molecule has 112 valence electrons. The number of nitrogens with one attached hydrogen (secondary N) is 2. The van der Waals surface area contributed by atoms with Crippen molar-refractivity contribution < 1.29 is 5.11 Å². The summed E-state index contributed by atoms with van der Waals surface area (Å²) in [5, 5.41) is 16.1. The van der Waals surface area contributed by atoms with Gasteiger partial charge in [0, 0.05) is 18.5 Å². The summed E-state index contributed by atoms with van der Waals surface area (Å²) < 4.78 is 0. The fourth-order valence-electron chi connectivity index (χ4n) is 2.02. The lowest BCUT2D eigenvalue weighted by Crippen LogP contribution is -2.30. The van der Waals surface area contributed by atoms with Crippen LogP contribution in [0.2, 0.25) is 0 Å². The predicted octanol–water partition coefficient (Wildman–Crippen LogP) is 2.60. The van der Waals surface area contributed by atoms with Gasteiger partial charge in [0.1, 0.15) is 17.5 Å². The van der Waals surface area contributed by atoms with E-state index in [-0.39, 0.29) is 12.6 Å². The number of rotatable bonds is 8. The summed E-state index contributed by atoms with van der Waals surface area (Å²) in [5.41, 5.74) is 0. The van der Waals surface area contributed by atoms with Crippen molar-refractivity contribution in [3.63, 3.8) is 0 Å². The van der Waals surface area contributed by atoms with Crippen LogP contribution in [0.15, 0.2) is 6.07 Å². The second-order valence-electron chi connectivity index (χ2n) is 5.88. The van der Waals surface area contributed by atoms with Gasteiger partial charge in [-0.15, -0.1) is 0 Å². The van der Waals surface area contributed by atoms with E-state index in [9.17, 15) is 5.11 Å². The first-order chi connectivity index (χ1) is 9.63. The molecule has 5 nitrogen and oxygen atoms in total. The third-order valence-corrected chi connectivity index (χ3v) is 3.58. The van der Waals surface area contributed by atoms with Gasteiger partial charge in [0.25, 0.3) is 0 Å². The minimum absolute atomic E-state index is 0.0241. The standard InChI is InChI=1S/C15H26N4O/c1-4-7-16-13-8-14(17-12(9-20)10(2)3)19-15(18-13)11-5-6-11/h8,10-12,20H,4-7,9H2,1-3H3,(H2,16,17,18,19). The Bertz CT molecular complexity index is 432. The molecule has 1 heterocycles. The number of hydrogen-bond acceptors (Lipinski definition) is 5. The van der Waals surface area contributed by atoms with Gasteiger partial charge in [-0.25, -0.2) is 9.97 Å². The van der Waals surface area contributed by atoms with Crippen LogP contribution in [0.3, 0.4) is 0 Å². The van der Waals surface area contributed by atoms with Gasteiger partial charge in [-0.1, -0.05) is 20.8 Å². The molecule has 3 N–H and O–H groups in total. The summed E-state index contributed by atoms with van der Waals surface area (Å²) in [6.45, 7) is 7.34. The molecule has 20 heavy (non-hydrogen) atoms. The Balaban J connectivity index is 2.15. The Morgan fingerprint density at radius 2 is 2.00 bits per heavy atom. The maximum atomic E-state index is 9.44. The second kappa shape index (κ2) is 6.88. The second-order valence-corrected chi connectivity index (χ2v) is 5.88. The van der Waals surface area contributed by atoms with E-state index in [1.54, 1.807) is 0 Å². The molecule has 1 unspecified atom stereocenters. The Kier molecular flexibility index (Phi) is 5.17. The van der Waals surface area contributed by atoms with Crippen molar-refractivity contribution in [2.24, 2.45) is 5.92 Å². The van der Waals surface area contributed by atoms with E-state index in [0.717, 1.165) is 30.4 Å². The van der Waals surface area contributed by atoms with Crippen LogP contribution in [0.4, 0.5) is 11.6 Å². The van der Waals surface area contributed by atoms with Crippen molar-refractivity contribution in [3.8, 4) is 0 Å². The Morgan fingerprint density at radius 1 is 1.30 bits per heavy atom. The molecule has 0 aliphatic heterocycles. The van der Waals surface area contributed by atoms with Crippen LogP contribution >= 0.6 is 0 Å². The average molecular weight is 278 g/mol. The molecule has 1 aliphatic carbocycles. The van der Waals surface area contributed by atoms with Gasteiger partial charge in [-0.2, -0.15) is 0 Å². The van der Waals surface area contributed by atoms with Gasteiger partial charge in [-0.3, -0.25) is 0 Å². The zero-order valence-corrected chi connectivity index (χ0v) is 12.7. The first kappa shape index (κ1) is 15.0. The van der Waals surface area contributed by atoms with Crippen LogP contribution in [0.5, 0.6) is 0 Å². The van der Waals surface area contributed by atoms with Crippen LogP contribution in [0.1, 0.15) is 51.8 Å². The third kappa shape index (κ3) is 4.07. The number of anilines is 2. The van der Waals surface area contributed by atoms with Gasteiger partial charge >= 0.3 is 0 Å². The fourth-order valence-corrected chi connectivity index (χ4v) is 2.02. The largest absolute Gasteiger partial charge is 0.394 e. The molecule has 0 spiro atoms. The molecule has 0 bridgehead atoms. The van der Waals surface area contributed by atoms with Gasteiger partial charge in [-0.05, 0) is 25.2 Å². The number of aromatic nitrogens is 2. The minimum Gasteiger partial charge on any atom is -0.394 e. The summed E-state index contributed by atoms with van der Waals surface area (Å²) >= 11 is 0. The molecule has 0 saturated heterocycles. The van der Waals surface area contributed by atoms with Crippen LogP contribution in [0, 0.1) is 5.92 Å². The summed E-state index contributed by atoms with van der Waals surface area (Å²) in [7, 11) is 0.